The third kappa shape index (κ3) is 4.43. The van der Waals surface area contributed by atoms with E-state index in [1.165, 1.54) is 18.6 Å². The Kier molecular flexibility index (Phi) is 5.66. The van der Waals surface area contributed by atoms with Crippen LogP contribution in [0.3, 0.4) is 0 Å². The Morgan fingerprint density at radius 1 is 1.06 bits per heavy atom. The summed E-state index contributed by atoms with van der Waals surface area (Å²) in [7, 11) is 0. The molecule has 10 heteroatoms. The van der Waals surface area contributed by atoms with E-state index in [-0.39, 0.29) is 17.5 Å². The molecule has 3 atom stereocenters. The lowest BCUT2D eigenvalue weighted by Crippen LogP contribution is -2.48. The first-order valence-electron chi connectivity index (χ1n) is 11.7. The highest BCUT2D eigenvalue weighted by molar-refractivity contribution is 6.05. The average Bonchev–Trinajstić information content (AvgIpc) is 3.38. The van der Waals surface area contributed by atoms with E-state index in [0.29, 0.717) is 24.0 Å². The third-order valence-electron chi connectivity index (χ3n) is 6.99. The Hall–Kier alpha value is -3.95. The molecule has 1 aromatic carbocycles. The topological polar surface area (TPSA) is 124 Å². The van der Waals surface area contributed by atoms with E-state index in [4.69, 9.17) is 0 Å². The van der Waals surface area contributed by atoms with Crippen LogP contribution in [0, 0.1) is 11.3 Å². The maximum absolute atomic E-state index is 12.4. The van der Waals surface area contributed by atoms with Crippen molar-refractivity contribution >= 4 is 40.2 Å². The second-order valence-electron chi connectivity index (χ2n) is 10.3. The van der Waals surface area contributed by atoms with Crippen molar-refractivity contribution in [1.82, 2.24) is 19.9 Å². The van der Waals surface area contributed by atoms with Crippen molar-refractivity contribution in [2.75, 3.05) is 28.6 Å². The Morgan fingerprint density at radius 2 is 1.89 bits per heavy atom. The Bertz CT molecular complexity index is 1260. The molecule has 3 N–H and O–H groups in total. The number of nitrogens with zero attached hydrogens (tertiary/aromatic N) is 5. The number of carbonyl (C=O) groups is 2. The first kappa shape index (κ1) is 22.8. The molecule has 5 rings (SSSR count). The number of amides is 3. The van der Waals surface area contributed by atoms with Gasteiger partial charge in [0.15, 0.2) is 5.82 Å². The number of hydrogen-bond donors (Lipinski definition) is 3. The molecule has 2 fully saturated rings. The number of rotatable bonds is 3. The molecule has 182 valence electrons. The number of urea groups is 1. The normalized spacial score (nSPS) is 21.7. The van der Waals surface area contributed by atoms with Gasteiger partial charge in [0.25, 0.3) is 0 Å². The number of likely N-dealkylation sites (tertiary alicyclic amines) is 1. The van der Waals surface area contributed by atoms with Crippen LogP contribution in [0.25, 0.3) is 10.9 Å². The Morgan fingerprint density at radius 3 is 2.60 bits per heavy atom. The van der Waals surface area contributed by atoms with Gasteiger partial charge in [-0.05, 0) is 36.1 Å². The summed E-state index contributed by atoms with van der Waals surface area (Å²) in [5.41, 5.74) is 2.28. The molecule has 0 spiro atoms. The average molecular weight is 476 g/mol. The lowest BCUT2D eigenvalue weighted by Gasteiger charge is -2.36. The van der Waals surface area contributed by atoms with Gasteiger partial charge in [-0.2, -0.15) is 0 Å². The fraction of sp³-hybridized carbons (Fsp3) is 0.400. The number of nitrogens with one attached hydrogen (secondary N) is 2. The number of pyridine rings is 1. The van der Waals surface area contributed by atoms with Crippen molar-refractivity contribution in [3.63, 3.8) is 0 Å². The Labute approximate surface area is 203 Å². The van der Waals surface area contributed by atoms with Crippen LogP contribution in [0.5, 0.6) is 0 Å². The molecular formula is C25H29N7O3. The molecule has 2 aliphatic heterocycles. The highest BCUT2D eigenvalue weighted by Crippen LogP contribution is 2.44. The van der Waals surface area contributed by atoms with Crippen LogP contribution in [0.15, 0.2) is 49.1 Å². The number of aromatic nitrogens is 3. The lowest BCUT2D eigenvalue weighted by atomic mass is 9.84. The minimum absolute atomic E-state index is 0.0156. The molecule has 3 aromatic rings. The molecule has 10 nitrogen and oxygen atoms in total. The predicted molar refractivity (Wildman–Crippen MR) is 134 cm³/mol. The van der Waals surface area contributed by atoms with Crippen LogP contribution in [0.4, 0.5) is 26.8 Å². The van der Waals surface area contributed by atoms with Gasteiger partial charge >= 0.3 is 12.1 Å². The molecular weight excluding hydrogens is 446 g/mol. The number of fused-ring (bicyclic) bond motifs is 2. The fourth-order valence-electron chi connectivity index (χ4n) is 5.36. The van der Waals surface area contributed by atoms with Crippen molar-refractivity contribution in [3.8, 4) is 0 Å². The molecule has 0 bridgehead atoms. The van der Waals surface area contributed by atoms with Crippen molar-refractivity contribution < 1.29 is 14.7 Å². The summed E-state index contributed by atoms with van der Waals surface area (Å²) in [6, 6.07) is 7.27. The highest BCUT2D eigenvalue weighted by Gasteiger charge is 2.51. The SMILES string of the molecule is CC(C)(C)C1CC2CN(c3ccc4c(NC(=O)Nc5cnccn5)ccnc4c3)CC2N1C(=O)O. The summed E-state index contributed by atoms with van der Waals surface area (Å²) in [5, 5.41) is 16.3. The van der Waals surface area contributed by atoms with Crippen LogP contribution in [0.2, 0.25) is 0 Å². The van der Waals surface area contributed by atoms with Gasteiger partial charge in [0.05, 0.1) is 23.4 Å². The quantitative estimate of drug-likeness (QED) is 0.517. The van der Waals surface area contributed by atoms with Gasteiger partial charge in [-0.15, -0.1) is 0 Å². The summed E-state index contributed by atoms with van der Waals surface area (Å²) in [6.07, 6.45) is 6.20. The highest BCUT2D eigenvalue weighted by atomic mass is 16.4. The fourth-order valence-corrected chi connectivity index (χ4v) is 5.36. The third-order valence-corrected chi connectivity index (χ3v) is 6.99. The lowest BCUT2D eigenvalue weighted by molar-refractivity contribution is 0.0889. The van der Waals surface area contributed by atoms with Crippen LogP contribution < -0.4 is 15.5 Å². The van der Waals surface area contributed by atoms with E-state index in [1.54, 1.807) is 17.2 Å². The number of carbonyl (C=O) groups excluding carboxylic acids is 1. The first-order chi connectivity index (χ1) is 16.7. The smallest absolute Gasteiger partial charge is 0.407 e. The van der Waals surface area contributed by atoms with Gasteiger partial charge in [0.2, 0.25) is 0 Å². The number of carboxylic acid groups (broad SMARTS) is 1. The number of hydrogen-bond acceptors (Lipinski definition) is 6. The monoisotopic (exact) mass is 475 g/mol. The van der Waals surface area contributed by atoms with Gasteiger partial charge in [0.1, 0.15) is 0 Å². The molecule has 3 unspecified atom stereocenters. The second-order valence-corrected chi connectivity index (χ2v) is 10.3. The summed E-state index contributed by atoms with van der Waals surface area (Å²) in [6.45, 7) is 7.81. The van der Waals surface area contributed by atoms with E-state index in [2.05, 4.69) is 51.3 Å². The van der Waals surface area contributed by atoms with E-state index >= 15 is 0 Å². The zero-order valence-corrected chi connectivity index (χ0v) is 20.0. The largest absolute Gasteiger partial charge is 0.465 e. The maximum Gasteiger partial charge on any atom is 0.407 e. The van der Waals surface area contributed by atoms with Crippen LogP contribution in [-0.2, 0) is 0 Å². The summed E-state index contributed by atoms with van der Waals surface area (Å²) in [5.74, 6) is 0.658. The molecule has 0 saturated carbocycles. The maximum atomic E-state index is 12.4. The van der Waals surface area contributed by atoms with Crippen molar-refractivity contribution in [2.45, 2.75) is 39.3 Å². The summed E-state index contributed by atoms with van der Waals surface area (Å²) in [4.78, 5) is 40.9. The van der Waals surface area contributed by atoms with E-state index in [1.807, 2.05) is 18.2 Å². The second kappa shape index (κ2) is 8.68. The molecule has 2 aliphatic rings. The molecule has 35 heavy (non-hydrogen) atoms. The minimum atomic E-state index is -0.838. The Balaban J connectivity index is 1.33. The van der Waals surface area contributed by atoms with Gasteiger partial charge in [-0.1, -0.05) is 20.8 Å². The van der Waals surface area contributed by atoms with E-state index in [9.17, 15) is 14.7 Å². The van der Waals surface area contributed by atoms with Crippen LogP contribution in [0.1, 0.15) is 27.2 Å². The molecule has 0 aliphatic carbocycles. The van der Waals surface area contributed by atoms with Crippen molar-refractivity contribution in [3.05, 3.63) is 49.1 Å². The summed E-state index contributed by atoms with van der Waals surface area (Å²) >= 11 is 0. The van der Waals surface area contributed by atoms with Gasteiger partial charge in [0, 0.05) is 54.7 Å². The zero-order valence-electron chi connectivity index (χ0n) is 20.0. The molecule has 4 heterocycles. The number of benzene rings is 1. The predicted octanol–water partition coefficient (Wildman–Crippen LogP) is 4.27. The number of anilines is 3. The first-order valence-corrected chi connectivity index (χ1v) is 11.7. The van der Waals surface area contributed by atoms with E-state index in [0.717, 1.165) is 29.6 Å². The molecule has 2 aromatic heterocycles. The molecule has 2 saturated heterocycles. The van der Waals surface area contributed by atoms with Crippen LogP contribution in [-0.4, -0.2) is 62.3 Å². The zero-order chi connectivity index (χ0) is 24.7. The van der Waals surface area contributed by atoms with Gasteiger partial charge in [-0.25, -0.2) is 14.6 Å². The standard InChI is InChI=1S/C25H29N7O3/c1-25(2,3)21-10-15-13-31(14-20(15)32(21)24(34)35)16-4-5-17-18(6-7-27-19(17)11-16)29-23(33)30-22-12-26-8-9-28-22/h4-9,11-12,15,20-21H,10,13-14H2,1-3H3,(H,34,35)(H2,27,28,29,30,33). The summed E-state index contributed by atoms with van der Waals surface area (Å²) < 4.78 is 0. The van der Waals surface area contributed by atoms with Gasteiger partial charge < -0.3 is 15.3 Å². The minimum Gasteiger partial charge on any atom is -0.465 e. The molecule has 3 amide bonds. The van der Waals surface area contributed by atoms with Crippen LogP contribution >= 0.6 is 0 Å². The molecule has 0 radical (unpaired) electrons. The van der Waals surface area contributed by atoms with Crippen molar-refractivity contribution in [1.29, 1.82) is 0 Å². The van der Waals surface area contributed by atoms with Crippen molar-refractivity contribution in [2.24, 2.45) is 11.3 Å². The van der Waals surface area contributed by atoms with Gasteiger partial charge in [-0.3, -0.25) is 20.2 Å². The van der Waals surface area contributed by atoms with E-state index < -0.39 is 12.1 Å².